The molecule has 1 N–H and O–H groups in total. The van der Waals surface area contributed by atoms with Gasteiger partial charge in [0.15, 0.2) is 11.5 Å². The lowest BCUT2D eigenvalue weighted by Gasteiger charge is -2.11. The van der Waals surface area contributed by atoms with Crippen LogP contribution in [0.3, 0.4) is 0 Å². The molecule has 0 amide bonds. The zero-order chi connectivity index (χ0) is 20.1. The lowest BCUT2D eigenvalue weighted by molar-refractivity contribution is 0.0661. The summed E-state index contributed by atoms with van der Waals surface area (Å²) in [6.45, 7) is 5.11. The Labute approximate surface area is 167 Å². The Hall–Kier alpha value is -2.84. The molecule has 3 rings (SSSR count). The lowest BCUT2D eigenvalue weighted by Crippen LogP contribution is -2.08. The van der Waals surface area contributed by atoms with Crippen LogP contribution in [0.1, 0.15) is 24.3 Å². The Morgan fingerprint density at radius 3 is 2.57 bits per heavy atom. The molecule has 0 bridgehead atoms. The molecule has 2 aromatic heterocycles. The third-order valence-electron chi connectivity index (χ3n) is 3.97. The van der Waals surface area contributed by atoms with Gasteiger partial charge in [0.1, 0.15) is 17.4 Å². The molecule has 0 spiro atoms. The van der Waals surface area contributed by atoms with E-state index in [0.717, 1.165) is 21.8 Å². The normalized spacial score (nSPS) is 10.8. The van der Waals surface area contributed by atoms with Crippen molar-refractivity contribution in [3.63, 3.8) is 0 Å². The highest BCUT2D eigenvalue weighted by Crippen LogP contribution is 2.35. The second kappa shape index (κ2) is 8.90. The predicted molar refractivity (Wildman–Crippen MR) is 107 cm³/mol. The number of benzene rings is 1. The van der Waals surface area contributed by atoms with Crippen molar-refractivity contribution in [1.82, 2.24) is 9.55 Å². The number of thiazole rings is 1. The van der Waals surface area contributed by atoms with Crippen LogP contribution in [0, 0.1) is 0 Å². The first-order chi connectivity index (χ1) is 13.6. The Balaban J connectivity index is 1.93. The number of hydrogen-bond acceptors (Lipinski definition) is 6. The van der Waals surface area contributed by atoms with Gasteiger partial charge >= 0.3 is 5.97 Å². The Bertz CT molecular complexity index is 963. The van der Waals surface area contributed by atoms with Gasteiger partial charge in [0.2, 0.25) is 0 Å². The molecule has 0 aliphatic rings. The minimum Gasteiger partial charge on any atom is -0.490 e. The summed E-state index contributed by atoms with van der Waals surface area (Å²) in [5, 5.41) is 12.0. The smallest absolute Gasteiger partial charge is 0.352 e. The predicted octanol–water partition coefficient (Wildman–Crippen LogP) is 4.38. The van der Waals surface area contributed by atoms with E-state index in [1.807, 2.05) is 37.4 Å². The number of carboxylic acid groups (broad SMARTS) is 1. The molecule has 0 saturated heterocycles. The topological polar surface area (TPSA) is 82.8 Å². The summed E-state index contributed by atoms with van der Waals surface area (Å²) in [4.78, 5) is 16.1. The van der Waals surface area contributed by atoms with Crippen LogP contribution >= 0.6 is 11.3 Å². The third-order valence-corrected chi connectivity index (χ3v) is 4.87. The lowest BCUT2D eigenvalue weighted by atomic mass is 10.1. The highest BCUT2D eigenvalue weighted by molar-refractivity contribution is 7.13. The van der Waals surface area contributed by atoms with Crippen molar-refractivity contribution in [1.29, 1.82) is 0 Å². The number of nitrogens with zero attached hydrogens (tertiary/aromatic N) is 2. The summed E-state index contributed by atoms with van der Waals surface area (Å²) in [6, 6.07) is 7.32. The van der Waals surface area contributed by atoms with Crippen LogP contribution in [0.4, 0.5) is 0 Å². The maximum atomic E-state index is 11.4. The van der Waals surface area contributed by atoms with Gasteiger partial charge in [-0.05, 0) is 38.1 Å². The fourth-order valence-electron chi connectivity index (χ4n) is 2.80. The number of aromatic nitrogens is 2. The van der Waals surface area contributed by atoms with Crippen molar-refractivity contribution >= 4 is 17.3 Å². The van der Waals surface area contributed by atoms with Crippen LogP contribution in [-0.4, -0.2) is 41.0 Å². The molecule has 0 atom stereocenters. The molecule has 0 unspecified atom stereocenters. The summed E-state index contributed by atoms with van der Waals surface area (Å²) in [5.41, 5.74) is 2.60. The van der Waals surface area contributed by atoms with Gasteiger partial charge in [-0.1, -0.05) is 0 Å². The minimum atomic E-state index is -1.01. The van der Waals surface area contributed by atoms with E-state index in [0.29, 0.717) is 24.7 Å². The third kappa shape index (κ3) is 4.18. The summed E-state index contributed by atoms with van der Waals surface area (Å²) < 4.78 is 17.9. The molecule has 2 heterocycles. The maximum absolute atomic E-state index is 11.4. The molecule has 1 aromatic carbocycles. The summed E-state index contributed by atoms with van der Waals surface area (Å²) in [5.74, 6) is 0.370. The fourth-order valence-corrected chi connectivity index (χ4v) is 3.61. The largest absolute Gasteiger partial charge is 0.490 e. The molecule has 0 aliphatic heterocycles. The van der Waals surface area contributed by atoms with Gasteiger partial charge in [-0.2, -0.15) is 0 Å². The van der Waals surface area contributed by atoms with E-state index < -0.39 is 5.97 Å². The van der Waals surface area contributed by atoms with Crippen molar-refractivity contribution in [3.05, 3.63) is 41.5 Å². The van der Waals surface area contributed by atoms with Gasteiger partial charge in [0, 0.05) is 29.8 Å². The van der Waals surface area contributed by atoms with Crippen molar-refractivity contribution in [3.8, 4) is 33.3 Å². The number of methoxy groups -OCH3 is 1. The van der Waals surface area contributed by atoms with E-state index in [1.54, 1.807) is 16.8 Å². The number of carbonyl (C=O) groups is 1. The highest BCUT2D eigenvalue weighted by atomic mass is 32.1. The summed E-state index contributed by atoms with van der Waals surface area (Å²) in [7, 11) is 1.52. The monoisotopic (exact) mass is 402 g/mol. The molecule has 0 saturated carbocycles. The molecule has 8 heteroatoms. The summed E-state index contributed by atoms with van der Waals surface area (Å²) in [6.07, 6.45) is 1.74. The number of rotatable bonds is 9. The summed E-state index contributed by atoms with van der Waals surface area (Å²) >= 11 is 1.45. The van der Waals surface area contributed by atoms with E-state index in [1.165, 1.54) is 18.4 Å². The van der Waals surface area contributed by atoms with E-state index >= 15 is 0 Å². The number of hydrogen-bond donors (Lipinski definition) is 1. The van der Waals surface area contributed by atoms with Crippen molar-refractivity contribution in [2.45, 2.75) is 20.6 Å². The van der Waals surface area contributed by atoms with Crippen molar-refractivity contribution in [2.75, 3.05) is 20.3 Å². The van der Waals surface area contributed by atoms with Crippen LogP contribution in [0.5, 0.6) is 11.5 Å². The van der Waals surface area contributed by atoms with E-state index in [2.05, 4.69) is 4.98 Å². The second-order valence-corrected chi connectivity index (χ2v) is 6.73. The SMILES string of the molecule is CCOc1ccc(-c2csc(-c3cc(C(=O)O)n(COC)c3)n2)cc1OCC. The van der Waals surface area contributed by atoms with Crippen LogP contribution in [0.25, 0.3) is 21.8 Å². The van der Waals surface area contributed by atoms with Gasteiger partial charge < -0.3 is 23.9 Å². The Morgan fingerprint density at radius 2 is 1.89 bits per heavy atom. The Kier molecular flexibility index (Phi) is 6.33. The molecular weight excluding hydrogens is 380 g/mol. The standard InChI is InChI=1S/C20H22N2O5S/c1-4-26-17-7-6-13(9-18(17)27-5-2)15-11-28-19(21-15)14-8-16(20(23)24)22(10-14)12-25-3/h6-11H,4-5,12H2,1-3H3,(H,23,24). The van der Waals surface area contributed by atoms with Crippen molar-refractivity contribution in [2.24, 2.45) is 0 Å². The van der Waals surface area contributed by atoms with Gasteiger partial charge in [0.05, 0.1) is 18.9 Å². The molecule has 7 nitrogen and oxygen atoms in total. The zero-order valence-corrected chi connectivity index (χ0v) is 16.8. The highest BCUT2D eigenvalue weighted by Gasteiger charge is 2.16. The molecular formula is C20H22N2O5S. The van der Waals surface area contributed by atoms with Crippen LogP contribution < -0.4 is 9.47 Å². The van der Waals surface area contributed by atoms with E-state index in [-0.39, 0.29) is 12.4 Å². The van der Waals surface area contributed by atoms with E-state index in [9.17, 15) is 9.90 Å². The second-order valence-electron chi connectivity index (χ2n) is 5.87. The Morgan fingerprint density at radius 1 is 1.14 bits per heavy atom. The maximum Gasteiger partial charge on any atom is 0.352 e. The average molecular weight is 402 g/mol. The fraction of sp³-hybridized carbons (Fsp3) is 0.300. The first-order valence-corrected chi connectivity index (χ1v) is 9.73. The van der Waals surface area contributed by atoms with Gasteiger partial charge in [-0.25, -0.2) is 9.78 Å². The number of carboxylic acids is 1. The van der Waals surface area contributed by atoms with Crippen LogP contribution in [-0.2, 0) is 11.5 Å². The average Bonchev–Trinajstić information content (AvgIpc) is 3.31. The first-order valence-electron chi connectivity index (χ1n) is 8.85. The first kappa shape index (κ1) is 19.9. The molecule has 148 valence electrons. The molecule has 3 aromatic rings. The number of aromatic carboxylic acids is 1. The van der Waals surface area contributed by atoms with Gasteiger partial charge in [0.25, 0.3) is 0 Å². The quantitative estimate of drug-likeness (QED) is 0.572. The van der Waals surface area contributed by atoms with E-state index in [4.69, 9.17) is 14.2 Å². The van der Waals surface area contributed by atoms with Crippen LogP contribution in [0.2, 0.25) is 0 Å². The molecule has 0 aliphatic carbocycles. The minimum absolute atomic E-state index is 0.160. The number of ether oxygens (including phenoxy) is 3. The van der Waals surface area contributed by atoms with Gasteiger partial charge in [-0.3, -0.25) is 0 Å². The van der Waals surface area contributed by atoms with Gasteiger partial charge in [-0.15, -0.1) is 11.3 Å². The molecule has 28 heavy (non-hydrogen) atoms. The molecule has 0 fully saturated rings. The van der Waals surface area contributed by atoms with Crippen molar-refractivity contribution < 1.29 is 24.1 Å². The zero-order valence-electron chi connectivity index (χ0n) is 16.0. The van der Waals surface area contributed by atoms with Crippen LogP contribution in [0.15, 0.2) is 35.8 Å². The molecule has 0 radical (unpaired) electrons.